The van der Waals surface area contributed by atoms with Gasteiger partial charge in [-0.1, -0.05) is 0 Å². The van der Waals surface area contributed by atoms with E-state index in [-0.39, 0.29) is 5.54 Å². The predicted molar refractivity (Wildman–Crippen MR) is 61.4 cm³/mol. The van der Waals surface area contributed by atoms with E-state index in [1.807, 2.05) is 12.1 Å². The average Bonchev–Trinajstić information content (AvgIpc) is 2.32. The zero-order valence-corrected chi connectivity index (χ0v) is 9.33. The molecule has 82 valence electrons. The molecule has 1 N–H and O–H groups in total. The Hall–Kier alpha value is -0.800. The summed E-state index contributed by atoms with van der Waals surface area (Å²) in [6, 6.07) is 3.92. The van der Waals surface area contributed by atoms with Crippen molar-refractivity contribution in [1.82, 2.24) is 4.98 Å². The molecule has 0 bridgehead atoms. The number of halogens is 1. The number of aromatic nitrogens is 1. The third-order valence-electron chi connectivity index (χ3n) is 2.80. The van der Waals surface area contributed by atoms with Gasteiger partial charge in [-0.25, -0.2) is 0 Å². The minimum atomic E-state index is -0.0127. The lowest BCUT2D eigenvalue weighted by Crippen LogP contribution is -2.45. The molecule has 0 spiro atoms. The van der Waals surface area contributed by atoms with Crippen LogP contribution < -0.4 is 5.32 Å². The second-order valence-electron chi connectivity index (χ2n) is 3.89. The van der Waals surface area contributed by atoms with Crippen LogP contribution in [0, 0.1) is 0 Å². The second kappa shape index (κ2) is 4.81. The van der Waals surface area contributed by atoms with Crippen molar-refractivity contribution in [2.24, 2.45) is 0 Å². The van der Waals surface area contributed by atoms with Crippen molar-refractivity contribution in [3.63, 3.8) is 0 Å². The van der Waals surface area contributed by atoms with Crippen molar-refractivity contribution in [2.45, 2.75) is 18.4 Å². The van der Waals surface area contributed by atoms with Crippen molar-refractivity contribution in [2.75, 3.05) is 24.4 Å². The van der Waals surface area contributed by atoms with Crippen molar-refractivity contribution in [1.29, 1.82) is 0 Å². The molecule has 15 heavy (non-hydrogen) atoms. The summed E-state index contributed by atoms with van der Waals surface area (Å²) in [5, 5.41) is 3.49. The van der Waals surface area contributed by atoms with E-state index in [0.717, 1.165) is 31.7 Å². The first kappa shape index (κ1) is 10.7. The highest BCUT2D eigenvalue weighted by atomic mass is 35.5. The van der Waals surface area contributed by atoms with Crippen LogP contribution >= 0.6 is 11.6 Å². The van der Waals surface area contributed by atoms with Crippen molar-refractivity contribution in [3.05, 3.63) is 24.5 Å². The minimum absolute atomic E-state index is 0.0127. The van der Waals surface area contributed by atoms with Gasteiger partial charge in [-0.15, -0.1) is 11.6 Å². The van der Waals surface area contributed by atoms with Crippen LogP contribution in [0.4, 0.5) is 5.69 Å². The maximum absolute atomic E-state index is 6.05. The Morgan fingerprint density at radius 3 is 2.60 bits per heavy atom. The maximum atomic E-state index is 6.05. The van der Waals surface area contributed by atoms with Gasteiger partial charge in [0.2, 0.25) is 0 Å². The van der Waals surface area contributed by atoms with Crippen LogP contribution in [0.25, 0.3) is 0 Å². The summed E-state index contributed by atoms with van der Waals surface area (Å²) in [7, 11) is 0. The van der Waals surface area contributed by atoms with Gasteiger partial charge in [0.25, 0.3) is 0 Å². The quantitative estimate of drug-likeness (QED) is 0.803. The van der Waals surface area contributed by atoms with Crippen LogP contribution in [0.3, 0.4) is 0 Å². The largest absolute Gasteiger partial charge is 0.381 e. The first-order valence-electron chi connectivity index (χ1n) is 5.17. The Bertz CT molecular complexity index is 299. The standard InChI is InChI=1S/C11H15ClN2O/c12-9-11(3-7-15-8-4-11)14-10-1-5-13-6-2-10/h1-2,5-6H,3-4,7-9H2,(H,13,14). The normalized spacial score (nSPS) is 19.8. The molecule has 2 heterocycles. The molecule has 0 amide bonds. The number of nitrogens with one attached hydrogen (secondary N) is 1. The number of rotatable bonds is 3. The topological polar surface area (TPSA) is 34.2 Å². The first-order valence-corrected chi connectivity index (χ1v) is 5.70. The van der Waals surface area contributed by atoms with E-state index < -0.39 is 0 Å². The van der Waals surface area contributed by atoms with Crippen molar-refractivity contribution < 1.29 is 4.74 Å². The summed E-state index contributed by atoms with van der Waals surface area (Å²) in [5.41, 5.74) is 1.06. The Balaban J connectivity index is 2.07. The molecule has 0 saturated carbocycles. The summed E-state index contributed by atoms with van der Waals surface area (Å²) in [6.45, 7) is 1.57. The molecule has 2 rings (SSSR count). The fourth-order valence-electron chi connectivity index (χ4n) is 1.80. The average molecular weight is 227 g/mol. The summed E-state index contributed by atoms with van der Waals surface area (Å²) < 4.78 is 5.35. The van der Waals surface area contributed by atoms with E-state index in [2.05, 4.69) is 10.3 Å². The summed E-state index contributed by atoms with van der Waals surface area (Å²) >= 11 is 6.05. The van der Waals surface area contributed by atoms with E-state index in [4.69, 9.17) is 16.3 Å². The van der Waals surface area contributed by atoms with Gasteiger partial charge in [0.15, 0.2) is 0 Å². The van der Waals surface area contributed by atoms with Gasteiger partial charge >= 0.3 is 0 Å². The number of alkyl halides is 1. The monoisotopic (exact) mass is 226 g/mol. The van der Waals surface area contributed by atoms with Gasteiger partial charge in [0.05, 0.1) is 5.54 Å². The molecule has 1 aromatic heterocycles. The minimum Gasteiger partial charge on any atom is -0.381 e. The lowest BCUT2D eigenvalue weighted by atomic mass is 9.92. The van der Waals surface area contributed by atoms with Crippen LogP contribution in [0.5, 0.6) is 0 Å². The molecule has 3 nitrogen and oxygen atoms in total. The smallest absolute Gasteiger partial charge is 0.0552 e. The van der Waals surface area contributed by atoms with E-state index in [9.17, 15) is 0 Å². The highest BCUT2D eigenvalue weighted by Crippen LogP contribution is 2.26. The van der Waals surface area contributed by atoms with Gasteiger partial charge < -0.3 is 10.1 Å². The maximum Gasteiger partial charge on any atom is 0.0552 e. The van der Waals surface area contributed by atoms with Gasteiger partial charge in [0.1, 0.15) is 0 Å². The molecule has 1 fully saturated rings. The third kappa shape index (κ3) is 2.61. The Morgan fingerprint density at radius 1 is 1.33 bits per heavy atom. The van der Waals surface area contributed by atoms with E-state index in [1.165, 1.54) is 0 Å². The number of nitrogens with zero attached hydrogens (tertiary/aromatic N) is 1. The number of ether oxygens (including phenoxy) is 1. The Morgan fingerprint density at radius 2 is 2.00 bits per heavy atom. The van der Waals surface area contributed by atoms with Crippen LogP contribution in [0.15, 0.2) is 24.5 Å². The zero-order valence-electron chi connectivity index (χ0n) is 8.58. The molecule has 0 aliphatic carbocycles. The molecule has 1 aromatic rings. The molecular formula is C11H15ClN2O. The molecule has 1 aliphatic heterocycles. The molecular weight excluding hydrogens is 212 g/mol. The van der Waals surface area contributed by atoms with Crippen LogP contribution in [0.2, 0.25) is 0 Å². The van der Waals surface area contributed by atoms with Gasteiger partial charge in [-0.2, -0.15) is 0 Å². The molecule has 0 atom stereocenters. The van der Waals surface area contributed by atoms with E-state index >= 15 is 0 Å². The predicted octanol–water partition coefficient (Wildman–Crippen LogP) is 2.28. The van der Waals surface area contributed by atoms with Crippen LogP contribution in [-0.4, -0.2) is 29.6 Å². The van der Waals surface area contributed by atoms with Gasteiger partial charge in [0, 0.05) is 37.2 Å². The molecule has 0 aromatic carbocycles. The number of hydrogen-bond acceptors (Lipinski definition) is 3. The highest BCUT2D eigenvalue weighted by molar-refractivity contribution is 6.18. The van der Waals surface area contributed by atoms with E-state index in [0.29, 0.717) is 5.88 Å². The molecule has 0 radical (unpaired) electrons. The highest BCUT2D eigenvalue weighted by Gasteiger charge is 2.31. The second-order valence-corrected chi connectivity index (χ2v) is 4.15. The summed E-state index contributed by atoms with van der Waals surface area (Å²) in [4.78, 5) is 3.99. The number of hydrogen-bond donors (Lipinski definition) is 1. The van der Waals surface area contributed by atoms with Crippen LogP contribution in [-0.2, 0) is 4.74 Å². The zero-order chi connectivity index (χ0) is 10.6. The summed E-state index contributed by atoms with van der Waals surface area (Å²) in [5.74, 6) is 0.610. The molecule has 0 unspecified atom stereocenters. The Labute approximate surface area is 94.8 Å². The number of pyridine rings is 1. The van der Waals surface area contributed by atoms with E-state index in [1.54, 1.807) is 12.4 Å². The Kier molecular flexibility index (Phi) is 3.44. The number of anilines is 1. The van der Waals surface area contributed by atoms with Crippen molar-refractivity contribution >= 4 is 17.3 Å². The lowest BCUT2D eigenvalue weighted by molar-refractivity contribution is 0.0668. The lowest BCUT2D eigenvalue weighted by Gasteiger charge is -2.37. The molecule has 1 aliphatic rings. The van der Waals surface area contributed by atoms with Gasteiger partial charge in [-0.3, -0.25) is 4.98 Å². The first-order chi connectivity index (χ1) is 7.35. The van der Waals surface area contributed by atoms with Crippen molar-refractivity contribution in [3.8, 4) is 0 Å². The molecule has 4 heteroatoms. The fourth-order valence-corrected chi connectivity index (χ4v) is 2.13. The third-order valence-corrected chi connectivity index (χ3v) is 3.31. The summed E-state index contributed by atoms with van der Waals surface area (Å²) in [6.07, 6.45) is 5.48. The molecule has 1 saturated heterocycles. The SMILES string of the molecule is ClCC1(Nc2ccncc2)CCOCC1. The van der Waals surface area contributed by atoms with Gasteiger partial charge in [-0.05, 0) is 25.0 Å². The fraction of sp³-hybridized carbons (Fsp3) is 0.545. The van der Waals surface area contributed by atoms with Crippen LogP contribution in [0.1, 0.15) is 12.8 Å².